The molecule has 2 aromatic carbocycles. The first-order valence-electron chi connectivity index (χ1n) is 8.20. The summed E-state index contributed by atoms with van der Waals surface area (Å²) in [5.41, 5.74) is 1.63. The third-order valence-corrected chi connectivity index (χ3v) is 6.08. The van der Waals surface area contributed by atoms with Crippen molar-refractivity contribution in [3.63, 3.8) is 0 Å². The molecule has 1 N–H and O–H groups in total. The first-order chi connectivity index (χ1) is 11.7. The van der Waals surface area contributed by atoms with Crippen molar-refractivity contribution in [2.75, 3.05) is 13.2 Å². The third-order valence-electron chi connectivity index (χ3n) is 4.29. The predicted octanol–water partition coefficient (Wildman–Crippen LogP) is 3.29. The Morgan fingerprint density at radius 2 is 1.64 bits per heavy atom. The summed E-state index contributed by atoms with van der Waals surface area (Å²) in [7, 11) is -3.66. The molecule has 1 aliphatic rings. The van der Waals surface area contributed by atoms with Gasteiger partial charge in [0.25, 0.3) is 0 Å². The summed E-state index contributed by atoms with van der Waals surface area (Å²) in [6.45, 7) is 8.36. The minimum absolute atomic E-state index is 0.304. The molecule has 0 bridgehead atoms. The van der Waals surface area contributed by atoms with Gasteiger partial charge in [0.05, 0.1) is 10.4 Å². The van der Waals surface area contributed by atoms with Crippen molar-refractivity contribution in [3.8, 4) is 11.5 Å². The molecule has 6 heteroatoms. The van der Waals surface area contributed by atoms with E-state index in [1.165, 1.54) is 0 Å². The molecule has 0 fully saturated rings. The lowest BCUT2D eigenvalue weighted by Crippen LogP contribution is -2.41. The van der Waals surface area contributed by atoms with Crippen LogP contribution in [0.5, 0.6) is 11.5 Å². The van der Waals surface area contributed by atoms with Gasteiger partial charge in [-0.25, -0.2) is 13.1 Å². The van der Waals surface area contributed by atoms with E-state index in [4.69, 9.17) is 9.47 Å². The molecule has 3 rings (SSSR count). The van der Waals surface area contributed by atoms with Crippen molar-refractivity contribution >= 4 is 10.0 Å². The predicted molar refractivity (Wildman–Crippen MR) is 96.7 cm³/mol. The number of sulfonamides is 1. The van der Waals surface area contributed by atoms with E-state index in [-0.39, 0.29) is 0 Å². The molecule has 0 amide bonds. The molecule has 0 aliphatic carbocycles. The van der Waals surface area contributed by atoms with Gasteiger partial charge >= 0.3 is 0 Å². The molecule has 25 heavy (non-hydrogen) atoms. The van der Waals surface area contributed by atoms with E-state index >= 15 is 0 Å². The van der Waals surface area contributed by atoms with Gasteiger partial charge in [-0.3, -0.25) is 0 Å². The number of benzene rings is 2. The van der Waals surface area contributed by atoms with E-state index in [2.05, 4.69) is 4.72 Å². The molecule has 0 saturated carbocycles. The highest BCUT2D eigenvalue weighted by molar-refractivity contribution is 7.89. The van der Waals surface area contributed by atoms with Crippen molar-refractivity contribution in [2.24, 2.45) is 0 Å². The lowest BCUT2D eigenvalue weighted by atomic mass is 9.95. The second-order valence-electron chi connectivity index (χ2n) is 6.86. The molecule has 1 aliphatic heterocycles. The molecule has 2 aromatic rings. The van der Waals surface area contributed by atoms with E-state index in [0.29, 0.717) is 29.6 Å². The highest BCUT2D eigenvalue weighted by atomic mass is 32.2. The lowest BCUT2D eigenvalue weighted by molar-refractivity contribution is 0.171. The highest BCUT2D eigenvalue weighted by Gasteiger charge is 2.30. The standard InChI is InChI=1S/C19H23NO4S/c1-13-5-6-14(2)18(11-13)25(21,22)20-19(3,4)15-7-8-16-17(12-15)24-10-9-23-16/h5-8,11-12,20H,9-10H2,1-4H3. The summed E-state index contributed by atoms with van der Waals surface area (Å²) in [4.78, 5) is 0.304. The molecule has 0 atom stereocenters. The van der Waals surface area contributed by atoms with Gasteiger partial charge in [-0.1, -0.05) is 18.2 Å². The Hall–Kier alpha value is -2.05. The van der Waals surface area contributed by atoms with Gasteiger partial charge in [0, 0.05) is 0 Å². The van der Waals surface area contributed by atoms with Crippen LogP contribution in [0.25, 0.3) is 0 Å². The van der Waals surface area contributed by atoms with Crippen LogP contribution in [0, 0.1) is 13.8 Å². The summed E-state index contributed by atoms with van der Waals surface area (Å²) in [5.74, 6) is 1.32. The van der Waals surface area contributed by atoms with E-state index in [1.807, 2.05) is 51.1 Å². The van der Waals surface area contributed by atoms with Crippen LogP contribution in [-0.4, -0.2) is 21.6 Å². The van der Waals surface area contributed by atoms with Gasteiger partial charge in [0.1, 0.15) is 13.2 Å². The monoisotopic (exact) mass is 361 g/mol. The van der Waals surface area contributed by atoms with Crippen molar-refractivity contribution in [1.29, 1.82) is 0 Å². The normalized spacial score (nSPS) is 14.4. The van der Waals surface area contributed by atoms with Gasteiger partial charge in [0.15, 0.2) is 11.5 Å². The SMILES string of the molecule is Cc1ccc(C)c(S(=O)(=O)NC(C)(C)c2ccc3c(c2)OCCO3)c1. The molecule has 5 nitrogen and oxygen atoms in total. The fourth-order valence-electron chi connectivity index (χ4n) is 2.88. The van der Waals surface area contributed by atoms with Crippen LogP contribution in [0.1, 0.15) is 30.5 Å². The quantitative estimate of drug-likeness (QED) is 0.908. The number of nitrogens with one attached hydrogen (secondary N) is 1. The van der Waals surface area contributed by atoms with Crippen LogP contribution in [0.3, 0.4) is 0 Å². The van der Waals surface area contributed by atoms with Gasteiger partial charge < -0.3 is 9.47 Å². The minimum Gasteiger partial charge on any atom is -0.486 e. The average Bonchev–Trinajstić information content (AvgIpc) is 2.55. The summed E-state index contributed by atoms with van der Waals surface area (Å²) in [6.07, 6.45) is 0. The molecular weight excluding hydrogens is 338 g/mol. The molecule has 0 radical (unpaired) electrons. The second kappa shape index (κ2) is 6.35. The molecule has 1 heterocycles. The molecule has 0 unspecified atom stereocenters. The zero-order valence-electron chi connectivity index (χ0n) is 14.9. The van der Waals surface area contributed by atoms with Crippen molar-refractivity contribution in [1.82, 2.24) is 4.72 Å². The molecule has 0 spiro atoms. The fourth-order valence-corrected chi connectivity index (χ4v) is 4.61. The van der Waals surface area contributed by atoms with Crippen LogP contribution >= 0.6 is 0 Å². The number of rotatable bonds is 4. The van der Waals surface area contributed by atoms with Crippen LogP contribution in [0.15, 0.2) is 41.3 Å². The topological polar surface area (TPSA) is 64.6 Å². The zero-order chi connectivity index (χ0) is 18.2. The first-order valence-corrected chi connectivity index (χ1v) is 9.69. The lowest BCUT2D eigenvalue weighted by Gasteiger charge is -2.28. The molecule has 0 aromatic heterocycles. The van der Waals surface area contributed by atoms with Crippen molar-refractivity contribution in [2.45, 2.75) is 38.1 Å². The average molecular weight is 361 g/mol. The Morgan fingerprint density at radius 3 is 2.36 bits per heavy atom. The van der Waals surface area contributed by atoms with Gasteiger partial charge in [-0.2, -0.15) is 0 Å². The number of hydrogen-bond donors (Lipinski definition) is 1. The maximum atomic E-state index is 12.9. The number of ether oxygens (including phenoxy) is 2. The van der Waals surface area contributed by atoms with Crippen molar-refractivity contribution in [3.05, 3.63) is 53.1 Å². The summed E-state index contributed by atoms with van der Waals surface area (Å²) < 4.78 is 39.8. The maximum Gasteiger partial charge on any atom is 0.241 e. The Bertz CT molecular complexity index is 904. The van der Waals surface area contributed by atoms with E-state index < -0.39 is 15.6 Å². The number of fused-ring (bicyclic) bond motifs is 1. The highest BCUT2D eigenvalue weighted by Crippen LogP contribution is 2.35. The van der Waals surface area contributed by atoms with Crippen LogP contribution < -0.4 is 14.2 Å². The van der Waals surface area contributed by atoms with Crippen LogP contribution in [0.4, 0.5) is 0 Å². The third kappa shape index (κ3) is 3.65. The second-order valence-corrected chi connectivity index (χ2v) is 8.51. The molecule has 134 valence electrons. The number of aryl methyl sites for hydroxylation is 2. The Balaban J connectivity index is 1.94. The zero-order valence-corrected chi connectivity index (χ0v) is 15.7. The van der Waals surface area contributed by atoms with E-state index in [9.17, 15) is 8.42 Å². The van der Waals surface area contributed by atoms with Gasteiger partial charge in [0.2, 0.25) is 10.0 Å². The smallest absolute Gasteiger partial charge is 0.241 e. The largest absolute Gasteiger partial charge is 0.486 e. The number of hydrogen-bond acceptors (Lipinski definition) is 4. The van der Waals surface area contributed by atoms with Gasteiger partial charge in [-0.05, 0) is 62.6 Å². The van der Waals surface area contributed by atoms with Crippen LogP contribution in [-0.2, 0) is 15.6 Å². The van der Waals surface area contributed by atoms with Gasteiger partial charge in [-0.15, -0.1) is 0 Å². The Morgan fingerprint density at radius 1 is 0.960 bits per heavy atom. The van der Waals surface area contributed by atoms with E-state index in [0.717, 1.165) is 16.7 Å². The Labute approximate surface area is 149 Å². The van der Waals surface area contributed by atoms with Crippen LogP contribution in [0.2, 0.25) is 0 Å². The summed E-state index contributed by atoms with van der Waals surface area (Å²) >= 11 is 0. The fraction of sp³-hybridized carbons (Fsp3) is 0.368. The maximum absolute atomic E-state index is 12.9. The first kappa shape index (κ1) is 17.8. The molecule has 0 saturated heterocycles. The Kier molecular flexibility index (Phi) is 4.51. The van der Waals surface area contributed by atoms with Crippen molar-refractivity contribution < 1.29 is 17.9 Å². The minimum atomic E-state index is -3.66. The summed E-state index contributed by atoms with van der Waals surface area (Å²) in [5, 5.41) is 0. The van der Waals surface area contributed by atoms with E-state index in [1.54, 1.807) is 13.0 Å². The molecular formula is C19H23NO4S. The summed E-state index contributed by atoms with van der Waals surface area (Å²) in [6, 6.07) is 10.9.